The molecule has 1 aromatic heterocycles. The predicted octanol–water partition coefficient (Wildman–Crippen LogP) is 4.07. The van der Waals surface area contributed by atoms with Crippen LogP contribution in [0.3, 0.4) is 0 Å². The predicted molar refractivity (Wildman–Crippen MR) is 106 cm³/mol. The molecule has 1 heterocycles. The second kappa shape index (κ2) is 6.85. The SMILES string of the molecule is CC(Nc1ccc(S(C)(=O)=O)cc1S(C)(=O)=O)c1cc2cc(Cl)ccc2o1. The van der Waals surface area contributed by atoms with Gasteiger partial charge < -0.3 is 9.73 Å². The van der Waals surface area contributed by atoms with E-state index in [0.29, 0.717) is 22.1 Å². The topological polar surface area (TPSA) is 93.5 Å². The van der Waals surface area contributed by atoms with E-state index in [-0.39, 0.29) is 15.8 Å². The zero-order chi connectivity index (χ0) is 20.0. The highest BCUT2D eigenvalue weighted by molar-refractivity contribution is 7.91. The van der Waals surface area contributed by atoms with E-state index in [1.54, 1.807) is 18.2 Å². The van der Waals surface area contributed by atoms with E-state index in [1.807, 2.05) is 13.0 Å². The van der Waals surface area contributed by atoms with Crippen molar-refractivity contribution in [1.82, 2.24) is 0 Å². The van der Waals surface area contributed by atoms with Gasteiger partial charge in [-0.3, -0.25) is 0 Å². The Bertz CT molecular complexity index is 1230. The van der Waals surface area contributed by atoms with Crippen LogP contribution in [0.25, 0.3) is 11.0 Å². The second-order valence-corrected chi connectivity index (χ2v) is 10.8. The van der Waals surface area contributed by atoms with Crippen molar-refractivity contribution in [3.8, 4) is 0 Å². The minimum atomic E-state index is -3.65. The summed E-state index contributed by atoms with van der Waals surface area (Å²) in [6.07, 6.45) is 2.07. The van der Waals surface area contributed by atoms with E-state index < -0.39 is 19.7 Å². The molecule has 0 fully saturated rings. The van der Waals surface area contributed by atoms with Crippen LogP contribution >= 0.6 is 11.6 Å². The third-order valence-corrected chi connectivity index (χ3v) is 6.56. The Kier molecular flexibility index (Phi) is 5.00. The monoisotopic (exact) mass is 427 g/mol. The summed E-state index contributed by atoms with van der Waals surface area (Å²) in [5, 5.41) is 4.51. The average Bonchev–Trinajstić information content (AvgIpc) is 2.96. The third kappa shape index (κ3) is 4.28. The van der Waals surface area contributed by atoms with Gasteiger partial charge in [0.1, 0.15) is 11.3 Å². The van der Waals surface area contributed by atoms with Gasteiger partial charge in [-0.05, 0) is 49.4 Å². The van der Waals surface area contributed by atoms with Gasteiger partial charge in [-0.2, -0.15) is 0 Å². The Morgan fingerprint density at radius 2 is 1.67 bits per heavy atom. The summed E-state index contributed by atoms with van der Waals surface area (Å²) in [6.45, 7) is 1.82. The van der Waals surface area contributed by atoms with Crippen LogP contribution in [0, 0.1) is 0 Å². The third-order valence-electron chi connectivity index (χ3n) is 4.08. The first-order valence-electron chi connectivity index (χ1n) is 7.95. The molecule has 0 aliphatic heterocycles. The maximum atomic E-state index is 12.2. The second-order valence-electron chi connectivity index (χ2n) is 6.40. The Morgan fingerprint density at radius 1 is 0.963 bits per heavy atom. The molecule has 1 unspecified atom stereocenters. The first kappa shape index (κ1) is 19.7. The van der Waals surface area contributed by atoms with Gasteiger partial charge in [-0.15, -0.1) is 0 Å². The van der Waals surface area contributed by atoms with Crippen molar-refractivity contribution in [2.75, 3.05) is 17.8 Å². The number of nitrogens with one attached hydrogen (secondary N) is 1. The van der Waals surface area contributed by atoms with Gasteiger partial charge in [0.25, 0.3) is 0 Å². The molecular weight excluding hydrogens is 410 g/mol. The lowest BCUT2D eigenvalue weighted by atomic mass is 10.2. The first-order chi connectivity index (χ1) is 12.4. The number of hydrogen-bond donors (Lipinski definition) is 1. The molecule has 0 amide bonds. The molecule has 0 saturated heterocycles. The standard InChI is InChI=1S/C18H18ClNO5S2/c1-11(17-9-12-8-13(19)4-7-16(12)25-17)20-15-6-5-14(26(2,21)22)10-18(15)27(3,23)24/h4-11,20H,1-3H3. The van der Waals surface area contributed by atoms with Crippen LogP contribution < -0.4 is 5.32 Å². The zero-order valence-corrected chi connectivity index (χ0v) is 17.2. The Hall–Kier alpha value is -2.03. The smallest absolute Gasteiger partial charge is 0.177 e. The lowest BCUT2D eigenvalue weighted by molar-refractivity contribution is 0.525. The van der Waals surface area contributed by atoms with Crippen LogP contribution in [-0.2, 0) is 19.7 Å². The average molecular weight is 428 g/mol. The summed E-state index contributed by atoms with van der Waals surface area (Å²) in [5.41, 5.74) is 0.967. The maximum Gasteiger partial charge on any atom is 0.177 e. The molecule has 1 atom stereocenters. The largest absolute Gasteiger partial charge is 0.459 e. The molecule has 3 aromatic rings. The van der Waals surface area contributed by atoms with Crippen LogP contribution in [0.5, 0.6) is 0 Å². The number of fused-ring (bicyclic) bond motifs is 1. The number of halogens is 1. The molecule has 0 bridgehead atoms. The molecule has 9 heteroatoms. The normalized spacial score (nSPS) is 13.6. The minimum absolute atomic E-state index is 0.0560. The van der Waals surface area contributed by atoms with Gasteiger partial charge in [0.05, 0.1) is 21.5 Å². The van der Waals surface area contributed by atoms with Gasteiger partial charge in [0, 0.05) is 22.9 Å². The van der Waals surface area contributed by atoms with Gasteiger partial charge in [0.15, 0.2) is 19.7 Å². The molecule has 2 aromatic carbocycles. The Balaban J connectivity index is 2.00. The number of hydrogen-bond acceptors (Lipinski definition) is 6. The number of anilines is 1. The lowest BCUT2D eigenvalue weighted by Gasteiger charge is -2.16. The van der Waals surface area contributed by atoms with E-state index in [0.717, 1.165) is 24.0 Å². The fourth-order valence-electron chi connectivity index (χ4n) is 2.71. The number of sulfone groups is 2. The van der Waals surface area contributed by atoms with E-state index in [9.17, 15) is 16.8 Å². The summed E-state index contributed by atoms with van der Waals surface area (Å²) in [5.74, 6) is 0.596. The highest BCUT2D eigenvalue weighted by Gasteiger charge is 2.20. The molecule has 0 aliphatic rings. The molecule has 144 valence electrons. The lowest BCUT2D eigenvalue weighted by Crippen LogP contribution is -2.11. The fraction of sp³-hybridized carbons (Fsp3) is 0.222. The summed E-state index contributed by atoms with van der Waals surface area (Å²) >= 11 is 5.99. The summed E-state index contributed by atoms with van der Waals surface area (Å²) in [6, 6.07) is 10.7. The van der Waals surface area contributed by atoms with Crippen molar-refractivity contribution in [2.45, 2.75) is 22.8 Å². The van der Waals surface area contributed by atoms with Gasteiger partial charge in [0.2, 0.25) is 0 Å². The summed E-state index contributed by atoms with van der Waals surface area (Å²) in [7, 11) is -7.18. The van der Waals surface area contributed by atoms with Gasteiger partial charge in [-0.25, -0.2) is 16.8 Å². The molecule has 1 N–H and O–H groups in total. The quantitative estimate of drug-likeness (QED) is 0.659. The van der Waals surface area contributed by atoms with Crippen LogP contribution in [0.4, 0.5) is 5.69 Å². The van der Waals surface area contributed by atoms with Crippen molar-refractivity contribution >= 4 is 47.9 Å². The highest BCUT2D eigenvalue weighted by atomic mass is 35.5. The van der Waals surface area contributed by atoms with Crippen molar-refractivity contribution in [2.24, 2.45) is 0 Å². The number of benzene rings is 2. The van der Waals surface area contributed by atoms with Gasteiger partial charge in [-0.1, -0.05) is 11.6 Å². The maximum absolute atomic E-state index is 12.2. The zero-order valence-electron chi connectivity index (χ0n) is 14.9. The summed E-state index contributed by atoms with van der Waals surface area (Å²) in [4.78, 5) is -0.143. The minimum Gasteiger partial charge on any atom is -0.459 e. The van der Waals surface area contributed by atoms with Crippen molar-refractivity contribution in [1.29, 1.82) is 0 Å². The summed E-state index contributed by atoms with van der Waals surface area (Å²) < 4.78 is 53.6. The molecule has 0 saturated carbocycles. The fourth-order valence-corrected chi connectivity index (χ4v) is 4.48. The molecule has 3 rings (SSSR count). The molecule has 27 heavy (non-hydrogen) atoms. The van der Waals surface area contributed by atoms with Crippen molar-refractivity contribution in [3.05, 3.63) is 53.2 Å². The molecular formula is C18H18ClNO5S2. The van der Waals surface area contributed by atoms with E-state index in [2.05, 4.69) is 5.32 Å². The highest BCUT2D eigenvalue weighted by Crippen LogP contribution is 2.31. The van der Waals surface area contributed by atoms with Crippen LogP contribution in [0.1, 0.15) is 18.7 Å². The van der Waals surface area contributed by atoms with Crippen LogP contribution in [0.2, 0.25) is 5.02 Å². The number of furan rings is 1. The molecule has 6 nitrogen and oxygen atoms in total. The molecule has 0 spiro atoms. The molecule has 0 radical (unpaired) electrons. The van der Waals surface area contributed by atoms with Crippen molar-refractivity contribution in [3.63, 3.8) is 0 Å². The first-order valence-corrected chi connectivity index (χ1v) is 12.1. The van der Waals surface area contributed by atoms with E-state index >= 15 is 0 Å². The Labute approximate surface area is 163 Å². The van der Waals surface area contributed by atoms with Crippen LogP contribution in [0.15, 0.2) is 56.7 Å². The Morgan fingerprint density at radius 3 is 2.30 bits per heavy atom. The van der Waals surface area contributed by atoms with Crippen molar-refractivity contribution < 1.29 is 21.3 Å². The van der Waals surface area contributed by atoms with E-state index in [1.165, 1.54) is 12.1 Å². The van der Waals surface area contributed by atoms with Gasteiger partial charge >= 0.3 is 0 Å². The number of rotatable bonds is 5. The molecule has 0 aliphatic carbocycles. The van der Waals surface area contributed by atoms with Crippen LogP contribution in [-0.4, -0.2) is 29.3 Å². The van der Waals surface area contributed by atoms with E-state index in [4.69, 9.17) is 16.0 Å².